The Morgan fingerprint density at radius 3 is 2.43 bits per heavy atom. The minimum absolute atomic E-state index is 0.221. The molecule has 0 unspecified atom stereocenters. The van der Waals surface area contributed by atoms with Crippen molar-refractivity contribution < 1.29 is 13.2 Å². The van der Waals surface area contributed by atoms with Crippen LogP contribution in [0.2, 0.25) is 0 Å². The lowest BCUT2D eigenvalue weighted by Gasteiger charge is -2.24. The standard InChI is InChI=1S/C16H23N3O3S/c1-6-19(15-10-8-7-9-12(15)2)23(20,21)16-13(3)17-18(11-22-5)14(16)4/h7-10H,6,11H2,1-5H3. The fourth-order valence-corrected chi connectivity index (χ4v) is 4.64. The van der Waals surface area contributed by atoms with E-state index in [1.165, 1.54) is 4.31 Å². The molecule has 1 heterocycles. The van der Waals surface area contributed by atoms with Gasteiger partial charge in [-0.15, -0.1) is 0 Å². The maximum Gasteiger partial charge on any atom is 0.267 e. The number of para-hydroxylation sites is 1. The predicted octanol–water partition coefficient (Wildman–Crippen LogP) is 2.63. The highest BCUT2D eigenvalue weighted by Gasteiger charge is 2.31. The Morgan fingerprint density at radius 1 is 1.22 bits per heavy atom. The number of benzene rings is 1. The lowest BCUT2D eigenvalue weighted by atomic mass is 10.2. The van der Waals surface area contributed by atoms with Crippen molar-refractivity contribution in [3.05, 3.63) is 41.2 Å². The third-order valence-electron chi connectivity index (χ3n) is 3.79. The van der Waals surface area contributed by atoms with E-state index in [0.29, 0.717) is 23.6 Å². The Bertz CT molecular complexity index is 797. The number of anilines is 1. The molecule has 0 N–H and O–H groups in total. The average Bonchev–Trinajstić information content (AvgIpc) is 2.77. The van der Waals surface area contributed by atoms with Crippen LogP contribution in [-0.4, -0.2) is 31.9 Å². The van der Waals surface area contributed by atoms with E-state index in [4.69, 9.17) is 4.74 Å². The molecular weight excluding hydrogens is 314 g/mol. The van der Waals surface area contributed by atoms with E-state index in [1.54, 1.807) is 25.6 Å². The molecule has 0 saturated carbocycles. The van der Waals surface area contributed by atoms with Crippen LogP contribution in [0.4, 0.5) is 5.69 Å². The summed E-state index contributed by atoms with van der Waals surface area (Å²) in [6.07, 6.45) is 0. The fourth-order valence-electron chi connectivity index (χ4n) is 2.73. The number of sulfonamides is 1. The van der Waals surface area contributed by atoms with Crippen LogP contribution in [0, 0.1) is 20.8 Å². The van der Waals surface area contributed by atoms with Crippen molar-refractivity contribution in [3.63, 3.8) is 0 Å². The molecule has 7 heteroatoms. The summed E-state index contributed by atoms with van der Waals surface area (Å²) >= 11 is 0. The zero-order valence-electron chi connectivity index (χ0n) is 14.2. The Morgan fingerprint density at radius 2 is 1.87 bits per heavy atom. The molecule has 23 heavy (non-hydrogen) atoms. The van der Waals surface area contributed by atoms with E-state index >= 15 is 0 Å². The van der Waals surface area contributed by atoms with Crippen molar-refractivity contribution in [2.75, 3.05) is 18.0 Å². The van der Waals surface area contributed by atoms with Gasteiger partial charge in [0, 0.05) is 13.7 Å². The minimum Gasteiger partial charge on any atom is -0.362 e. The zero-order chi connectivity index (χ0) is 17.2. The SMILES string of the molecule is CCN(c1ccccc1C)S(=O)(=O)c1c(C)nn(COC)c1C. The number of hydrogen-bond acceptors (Lipinski definition) is 4. The van der Waals surface area contributed by atoms with Crippen molar-refractivity contribution >= 4 is 15.7 Å². The number of ether oxygens (including phenoxy) is 1. The van der Waals surface area contributed by atoms with Gasteiger partial charge in [0.25, 0.3) is 10.0 Å². The van der Waals surface area contributed by atoms with Crippen LogP contribution in [0.1, 0.15) is 23.9 Å². The fraction of sp³-hybridized carbons (Fsp3) is 0.438. The smallest absolute Gasteiger partial charge is 0.267 e. The highest BCUT2D eigenvalue weighted by Crippen LogP contribution is 2.29. The van der Waals surface area contributed by atoms with Crippen LogP contribution in [0.15, 0.2) is 29.2 Å². The summed E-state index contributed by atoms with van der Waals surface area (Å²) in [6, 6.07) is 7.46. The van der Waals surface area contributed by atoms with Gasteiger partial charge in [-0.25, -0.2) is 13.1 Å². The number of aromatic nitrogens is 2. The van der Waals surface area contributed by atoms with Crippen LogP contribution < -0.4 is 4.31 Å². The maximum atomic E-state index is 13.2. The first-order valence-electron chi connectivity index (χ1n) is 7.45. The van der Waals surface area contributed by atoms with Gasteiger partial charge >= 0.3 is 0 Å². The zero-order valence-corrected chi connectivity index (χ0v) is 15.0. The van der Waals surface area contributed by atoms with Crippen molar-refractivity contribution in [1.29, 1.82) is 0 Å². The summed E-state index contributed by atoms with van der Waals surface area (Å²) in [6.45, 7) is 7.76. The second-order valence-corrected chi connectivity index (χ2v) is 7.17. The molecule has 0 aliphatic carbocycles. The van der Waals surface area contributed by atoms with Crippen LogP contribution in [0.5, 0.6) is 0 Å². The number of hydrogen-bond donors (Lipinski definition) is 0. The molecule has 0 aliphatic rings. The Hall–Kier alpha value is -1.86. The number of methoxy groups -OCH3 is 1. The molecule has 0 amide bonds. The molecule has 1 aromatic carbocycles. The van der Waals surface area contributed by atoms with Crippen LogP contribution >= 0.6 is 0 Å². The molecule has 2 rings (SSSR count). The minimum atomic E-state index is -3.69. The molecule has 126 valence electrons. The van der Waals surface area contributed by atoms with Gasteiger partial charge in [-0.1, -0.05) is 18.2 Å². The quantitative estimate of drug-likeness (QED) is 0.813. The summed E-state index contributed by atoms with van der Waals surface area (Å²) in [4.78, 5) is 0.250. The third kappa shape index (κ3) is 3.11. The molecular formula is C16H23N3O3S. The number of rotatable bonds is 6. The molecule has 0 bridgehead atoms. The van der Waals surface area contributed by atoms with Crippen LogP contribution in [-0.2, 0) is 21.5 Å². The normalized spacial score (nSPS) is 11.7. The molecule has 0 aliphatic heterocycles. The monoisotopic (exact) mass is 337 g/mol. The van der Waals surface area contributed by atoms with E-state index < -0.39 is 10.0 Å². The third-order valence-corrected chi connectivity index (χ3v) is 5.93. The molecule has 0 radical (unpaired) electrons. The van der Waals surface area contributed by atoms with Crippen molar-refractivity contribution in [3.8, 4) is 0 Å². The average molecular weight is 337 g/mol. The van der Waals surface area contributed by atoms with Gasteiger partial charge in [0.05, 0.1) is 17.1 Å². The van der Waals surface area contributed by atoms with E-state index in [2.05, 4.69) is 5.10 Å². The van der Waals surface area contributed by atoms with E-state index in [1.807, 2.05) is 38.1 Å². The van der Waals surface area contributed by atoms with Gasteiger partial charge in [0.1, 0.15) is 11.6 Å². The van der Waals surface area contributed by atoms with E-state index in [-0.39, 0.29) is 11.6 Å². The van der Waals surface area contributed by atoms with Crippen LogP contribution in [0.25, 0.3) is 0 Å². The highest BCUT2D eigenvalue weighted by molar-refractivity contribution is 7.93. The Kier molecular flexibility index (Phi) is 5.11. The maximum absolute atomic E-state index is 13.2. The Balaban J connectivity index is 2.59. The summed E-state index contributed by atoms with van der Waals surface area (Å²) < 4.78 is 34.5. The van der Waals surface area contributed by atoms with Gasteiger partial charge in [0.2, 0.25) is 0 Å². The first-order chi connectivity index (χ1) is 10.8. The molecule has 0 atom stereocenters. The van der Waals surface area contributed by atoms with E-state index in [0.717, 1.165) is 5.56 Å². The number of nitrogens with zero attached hydrogens (tertiary/aromatic N) is 3. The second-order valence-electron chi connectivity index (χ2n) is 5.37. The molecule has 0 fully saturated rings. The molecule has 6 nitrogen and oxygen atoms in total. The Labute approximate surface area is 137 Å². The lowest BCUT2D eigenvalue weighted by molar-refractivity contribution is 0.118. The van der Waals surface area contributed by atoms with Gasteiger partial charge in [-0.2, -0.15) is 5.10 Å². The van der Waals surface area contributed by atoms with Crippen molar-refractivity contribution in [2.24, 2.45) is 0 Å². The molecule has 1 aromatic heterocycles. The lowest BCUT2D eigenvalue weighted by Crippen LogP contribution is -2.32. The summed E-state index contributed by atoms with van der Waals surface area (Å²) in [5.41, 5.74) is 2.66. The largest absolute Gasteiger partial charge is 0.362 e. The molecule has 0 saturated heterocycles. The van der Waals surface area contributed by atoms with Gasteiger partial charge in [0.15, 0.2) is 0 Å². The van der Waals surface area contributed by atoms with E-state index in [9.17, 15) is 8.42 Å². The predicted molar refractivity (Wildman–Crippen MR) is 90.1 cm³/mol. The van der Waals surface area contributed by atoms with Crippen molar-refractivity contribution in [2.45, 2.75) is 39.3 Å². The first-order valence-corrected chi connectivity index (χ1v) is 8.89. The highest BCUT2D eigenvalue weighted by atomic mass is 32.2. The second kappa shape index (κ2) is 6.72. The van der Waals surface area contributed by atoms with Crippen LogP contribution in [0.3, 0.4) is 0 Å². The van der Waals surface area contributed by atoms with Gasteiger partial charge in [-0.3, -0.25) is 4.31 Å². The van der Waals surface area contributed by atoms with Gasteiger partial charge < -0.3 is 4.74 Å². The number of aryl methyl sites for hydroxylation is 2. The van der Waals surface area contributed by atoms with Gasteiger partial charge in [-0.05, 0) is 39.3 Å². The topological polar surface area (TPSA) is 64.4 Å². The summed E-state index contributed by atoms with van der Waals surface area (Å²) in [5, 5.41) is 4.28. The molecule has 0 spiro atoms. The molecule has 2 aromatic rings. The summed E-state index contributed by atoms with van der Waals surface area (Å²) in [7, 11) is -2.14. The first kappa shape index (κ1) is 17.5. The summed E-state index contributed by atoms with van der Waals surface area (Å²) in [5.74, 6) is 0. The van der Waals surface area contributed by atoms with Crippen molar-refractivity contribution in [1.82, 2.24) is 9.78 Å².